The highest BCUT2D eigenvalue weighted by Crippen LogP contribution is 2.22. The first-order valence-electron chi connectivity index (χ1n) is 12.0. The van der Waals surface area contributed by atoms with Gasteiger partial charge in [0.25, 0.3) is 5.91 Å². The number of unbranched alkanes of at least 4 members (excludes halogenated alkanes) is 1. The molecule has 0 aromatic heterocycles. The fourth-order valence-electron chi connectivity index (χ4n) is 3.22. The second-order valence-corrected chi connectivity index (χ2v) is 10.3. The Bertz CT molecular complexity index is 1070. The maximum Gasteiger partial charge on any atom is 0.336 e. The number of benzene rings is 1. The van der Waals surface area contributed by atoms with Crippen molar-refractivity contribution in [2.24, 2.45) is 28.1 Å². The van der Waals surface area contributed by atoms with Crippen molar-refractivity contribution in [3.8, 4) is 0 Å². The minimum absolute atomic E-state index is 0. The van der Waals surface area contributed by atoms with Crippen molar-refractivity contribution in [1.82, 2.24) is 10.6 Å². The summed E-state index contributed by atoms with van der Waals surface area (Å²) in [5.74, 6) is -1.87. The van der Waals surface area contributed by atoms with Gasteiger partial charge in [0, 0.05) is 13.1 Å². The lowest BCUT2D eigenvalue weighted by atomic mass is 10.0. The Morgan fingerprint density at radius 3 is 2.21 bits per heavy atom. The maximum absolute atomic E-state index is 12.4. The van der Waals surface area contributed by atoms with Gasteiger partial charge in [-0.15, -0.1) is 16.3 Å². The van der Waals surface area contributed by atoms with Crippen LogP contribution in [-0.2, 0) is 35.8 Å². The average molecular weight is 597 g/mol. The highest BCUT2D eigenvalue weighted by molar-refractivity contribution is 7.86. The van der Waals surface area contributed by atoms with Crippen molar-refractivity contribution in [2.75, 3.05) is 19.6 Å². The van der Waals surface area contributed by atoms with E-state index in [9.17, 15) is 26.7 Å². The van der Waals surface area contributed by atoms with Crippen LogP contribution in [0.1, 0.15) is 38.7 Å². The normalized spacial score (nSPS) is 16.5. The van der Waals surface area contributed by atoms with Crippen LogP contribution in [0, 0.1) is 5.92 Å². The third kappa shape index (κ3) is 14.6. The molecule has 0 spiro atoms. The lowest BCUT2D eigenvalue weighted by Gasteiger charge is -2.19. The summed E-state index contributed by atoms with van der Waals surface area (Å²) in [5.41, 5.74) is 16.6. The van der Waals surface area contributed by atoms with Gasteiger partial charge in [-0.1, -0.05) is 26.0 Å². The molecule has 0 unspecified atom stereocenters. The number of nitrogens with one attached hydrogen (secondary N) is 2. The molecule has 0 saturated carbocycles. The number of halogens is 2. The standard InChI is InChI=1S/C15H27N5O5.C8H10FNO2S.ClH/c1-8(2)7-9(20-13(22)10-11(25-10)14(23)24)12(21)18-5-3-4-6-19-15(16)17;9-13(11,12)8-3-1-7(2-4-8)5-6-10;/h8-11H,3-7H2,1-2H3,(H,18,21)(H,20,22)(H,23,24)(H4,16,17,19);1-4H,5-6,10H2;1H/t9-,10-,11-;;/m0../s1. The van der Waals surface area contributed by atoms with Crippen molar-refractivity contribution >= 4 is 46.4 Å². The van der Waals surface area contributed by atoms with Crippen LogP contribution < -0.4 is 27.8 Å². The van der Waals surface area contributed by atoms with Gasteiger partial charge in [0.1, 0.15) is 6.04 Å². The molecule has 1 aliphatic rings. The Balaban J connectivity index is 0.000000869. The number of aliphatic carboxylic acids is 1. The molecule has 222 valence electrons. The van der Waals surface area contributed by atoms with Gasteiger partial charge in [-0.2, -0.15) is 8.42 Å². The van der Waals surface area contributed by atoms with Gasteiger partial charge >= 0.3 is 16.2 Å². The molecule has 2 amide bonds. The van der Waals surface area contributed by atoms with Crippen molar-refractivity contribution in [1.29, 1.82) is 0 Å². The molecule has 1 heterocycles. The van der Waals surface area contributed by atoms with Gasteiger partial charge < -0.3 is 37.7 Å². The number of epoxide rings is 1. The number of nitrogens with zero attached hydrogens (tertiary/aromatic N) is 1. The van der Waals surface area contributed by atoms with Crippen LogP contribution in [0.5, 0.6) is 0 Å². The molecular weight excluding hydrogens is 559 g/mol. The Hall–Kier alpha value is -3.01. The largest absolute Gasteiger partial charge is 0.479 e. The van der Waals surface area contributed by atoms with Crippen LogP contribution in [0.25, 0.3) is 0 Å². The van der Waals surface area contributed by atoms with Crippen LogP contribution in [-0.4, -0.2) is 75.2 Å². The number of carboxylic acid groups (broad SMARTS) is 1. The molecule has 1 fully saturated rings. The first-order valence-corrected chi connectivity index (χ1v) is 13.4. The number of ether oxygens (including phenoxy) is 1. The van der Waals surface area contributed by atoms with E-state index >= 15 is 0 Å². The van der Waals surface area contributed by atoms with Crippen molar-refractivity contribution in [3.05, 3.63) is 29.8 Å². The number of amides is 2. The molecule has 1 aliphatic heterocycles. The van der Waals surface area contributed by atoms with Crippen LogP contribution in [0.15, 0.2) is 34.2 Å². The molecule has 1 saturated heterocycles. The highest BCUT2D eigenvalue weighted by atomic mass is 35.5. The zero-order valence-corrected chi connectivity index (χ0v) is 23.5. The first-order chi connectivity index (χ1) is 17.8. The molecule has 0 aliphatic carbocycles. The van der Waals surface area contributed by atoms with Gasteiger partial charge in [-0.3, -0.25) is 14.6 Å². The summed E-state index contributed by atoms with van der Waals surface area (Å²) < 4.78 is 38.0. The molecule has 0 radical (unpaired) electrons. The van der Waals surface area contributed by atoms with Crippen LogP contribution in [0.2, 0.25) is 0 Å². The number of carbonyl (C=O) groups is 3. The summed E-state index contributed by atoms with van der Waals surface area (Å²) in [4.78, 5) is 38.5. The van der Waals surface area contributed by atoms with Gasteiger partial charge in [0.05, 0.1) is 4.90 Å². The van der Waals surface area contributed by atoms with Gasteiger partial charge in [-0.05, 0) is 55.8 Å². The Morgan fingerprint density at radius 2 is 1.74 bits per heavy atom. The predicted molar refractivity (Wildman–Crippen MR) is 145 cm³/mol. The first kappa shape index (κ1) is 36.0. The Morgan fingerprint density at radius 1 is 1.13 bits per heavy atom. The SMILES string of the molecule is CC(C)C[C@H](NC(=O)[C@H]1O[C@@H]1C(=O)O)C(=O)NCCCCN=C(N)N.Cl.NCCc1ccc(S(=O)(=O)F)cc1. The third-order valence-electron chi connectivity index (χ3n) is 5.15. The third-order valence-corrected chi connectivity index (χ3v) is 5.99. The lowest BCUT2D eigenvalue weighted by molar-refractivity contribution is -0.138. The second kappa shape index (κ2) is 17.6. The number of carbonyl (C=O) groups excluding carboxylic acids is 2. The van der Waals surface area contributed by atoms with E-state index in [1.165, 1.54) is 12.1 Å². The van der Waals surface area contributed by atoms with Crippen LogP contribution in [0.3, 0.4) is 0 Å². The lowest BCUT2D eigenvalue weighted by Crippen LogP contribution is -2.49. The fourth-order valence-corrected chi connectivity index (χ4v) is 3.68. The van der Waals surface area contributed by atoms with Gasteiger partial charge in [0.15, 0.2) is 18.2 Å². The van der Waals surface area contributed by atoms with Gasteiger partial charge in [-0.25, -0.2) is 4.79 Å². The quantitative estimate of drug-likeness (QED) is 0.0544. The fraction of sp³-hybridized carbons (Fsp3) is 0.565. The van der Waals surface area contributed by atoms with E-state index in [-0.39, 0.29) is 35.1 Å². The molecule has 13 nitrogen and oxygen atoms in total. The summed E-state index contributed by atoms with van der Waals surface area (Å²) in [5, 5.41) is 14.1. The number of hydrogen-bond donors (Lipinski definition) is 6. The number of guanidine groups is 1. The molecule has 2 rings (SSSR count). The zero-order valence-electron chi connectivity index (χ0n) is 21.8. The molecule has 1 aromatic rings. The summed E-state index contributed by atoms with van der Waals surface area (Å²) in [6.07, 6.45) is 0.355. The Kier molecular flexibility index (Phi) is 16.2. The maximum atomic E-state index is 12.4. The highest BCUT2D eigenvalue weighted by Gasteiger charge is 2.51. The smallest absolute Gasteiger partial charge is 0.336 e. The average Bonchev–Trinajstić information content (AvgIpc) is 3.62. The number of carboxylic acids is 1. The minimum atomic E-state index is -4.57. The summed E-state index contributed by atoms with van der Waals surface area (Å²) in [6.45, 7) is 5.26. The molecule has 0 bridgehead atoms. The minimum Gasteiger partial charge on any atom is -0.479 e. The Labute approximate surface area is 233 Å². The van der Waals surface area contributed by atoms with E-state index in [2.05, 4.69) is 15.6 Å². The van der Waals surface area contributed by atoms with Crippen molar-refractivity contribution in [3.63, 3.8) is 0 Å². The van der Waals surface area contributed by atoms with E-state index in [0.717, 1.165) is 12.0 Å². The number of rotatable bonds is 14. The van der Waals surface area contributed by atoms with E-state index in [0.29, 0.717) is 38.9 Å². The molecule has 39 heavy (non-hydrogen) atoms. The zero-order chi connectivity index (χ0) is 28.9. The summed E-state index contributed by atoms with van der Waals surface area (Å²) in [7, 11) is -4.57. The van der Waals surface area contributed by atoms with E-state index in [1.54, 1.807) is 12.1 Å². The monoisotopic (exact) mass is 596 g/mol. The molecule has 9 N–H and O–H groups in total. The van der Waals surface area contributed by atoms with Crippen LogP contribution in [0.4, 0.5) is 3.89 Å². The summed E-state index contributed by atoms with van der Waals surface area (Å²) in [6, 6.07) is 4.85. The second-order valence-electron chi connectivity index (χ2n) is 8.93. The molecular formula is C23H38ClFN6O7S. The number of nitrogens with two attached hydrogens (primary N) is 3. The molecule has 1 aromatic carbocycles. The summed E-state index contributed by atoms with van der Waals surface area (Å²) >= 11 is 0. The topological polar surface area (TPSA) is 233 Å². The van der Waals surface area contributed by atoms with E-state index in [1.807, 2.05) is 13.8 Å². The van der Waals surface area contributed by atoms with E-state index in [4.69, 9.17) is 27.0 Å². The van der Waals surface area contributed by atoms with E-state index < -0.39 is 40.3 Å². The number of hydrogen-bond acceptors (Lipinski definition) is 8. The van der Waals surface area contributed by atoms with Crippen LogP contribution >= 0.6 is 12.4 Å². The van der Waals surface area contributed by atoms with Gasteiger partial charge in [0.2, 0.25) is 5.91 Å². The predicted octanol–water partition coefficient (Wildman–Crippen LogP) is -0.193. The molecule has 16 heteroatoms. The number of aliphatic imine (C=N–C) groups is 1. The van der Waals surface area contributed by atoms with Crippen molar-refractivity contribution < 1.29 is 36.5 Å². The van der Waals surface area contributed by atoms with Crippen molar-refractivity contribution in [2.45, 2.75) is 62.7 Å². The molecule has 3 atom stereocenters.